The van der Waals surface area contributed by atoms with E-state index in [1.165, 1.54) is 6.08 Å². The minimum atomic E-state index is -2.13. The maximum Gasteiger partial charge on any atom is 0.711 e. The highest BCUT2D eigenvalue weighted by Gasteiger charge is 2.15. The lowest BCUT2D eigenvalue weighted by Crippen LogP contribution is -2.21. The van der Waals surface area contributed by atoms with Gasteiger partial charge in [0.2, 0.25) is 0 Å². The van der Waals surface area contributed by atoms with Crippen LogP contribution in [0.5, 0.6) is 0 Å². The van der Waals surface area contributed by atoms with E-state index in [0.717, 1.165) is 6.26 Å². The molecular formula is C4H10BNO5. The van der Waals surface area contributed by atoms with Crippen LogP contribution in [0.2, 0.25) is 0 Å². The zero-order chi connectivity index (χ0) is 7.98. The van der Waals surface area contributed by atoms with Crippen LogP contribution in [0.1, 0.15) is 6.92 Å². The molecule has 0 bridgehead atoms. The average Bonchev–Trinajstić information content (AvgIpc) is 1.82. The van der Waals surface area contributed by atoms with E-state index in [2.05, 4.69) is 9.39 Å². The number of allylic oxidation sites excluding steroid dienone is 1. The lowest BCUT2D eigenvalue weighted by atomic mass is 10.3. The summed E-state index contributed by atoms with van der Waals surface area (Å²) in [7, 11) is -2.13. The van der Waals surface area contributed by atoms with E-state index < -0.39 is 13.5 Å². The fourth-order valence-electron chi connectivity index (χ4n) is 0.237. The van der Waals surface area contributed by atoms with Crippen molar-refractivity contribution in [3.63, 3.8) is 0 Å². The molecule has 0 aromatic carbocycles. The highest BCUT2D eigenvalue weighted by molar-refractivity contribution is 6.35. The zero-order valence-electron chi connectivity index (χ0n) is 6.06. The fourth-order valence-corrected chi connectivity index (χ4v) is 0.237. The monoisotopic (exact) mass is 163 g/mol. The quantitative estimate of drug-likeness (QED) is 0.295. The van der Waals surface area contributed by atoms with Gasteiger partial charge in [-0.2, -0.15) is 0 Å². The number of carbonyl (C=O) groups excluding carboxylic acids is 1. The molecular weight excluding hydrogens is 153 g/mol. The van der Waals surface area contributed by atoms with Crippen molar-refractivity contribution in [2.75, 3.05) is 0 Å². The molecule has 0 saturated carbocycles. The lowest BCUT2D eigenvalue weighted by Gasteiger charge is -1.98. The van der Waals surface area contributed by atoms with Crippen molar-refractivity contribution >= 4 is 13.5 Å². The van der Waals surface area contributed by atoms with Crippen LogP contribution in [0.25, 0.3) is 0 Å². The Morgan fingerprint density at radius 2 is 2.09 bits per heavy atom. The Balaban J connectivity index is 0. The first kappa shape index (κ1) is 12.6. The predicted molar refractivity (Wildman–Crippen MR) is 37.6 cm³/mol. The molecule has 64 valence electrons. The van der Waals surface area contributed by atoms with Crippen molar-refractivity contribution in [2.45, 2.75) is 6.92 Å². The van der Waals surface area contributed by atoms with Crippen molar-refractivity contribution in [2.24, 2.45) is 0 Å². The summed E-state index contributed by atoms with van der Waals surface area (Å²) >= 11 is 0. The Kier molecular flexibility index (Phi) is 8.10. The molecule has 0 unspecified atom stereocenters. The van der Waals surface area contributed by atoms with E-state index in [1.54, 1.807) is 6.92 Å². The molecule has 0 aromatic heterocycles. The van der Waals surface area contributed by atoms with Gasteiger partial charge >= 0.3 is 13.5 Å². The molecule has 0 saturated heterocycles. The third-order valence-corrected chi connectivity index (χ3v) is 0.502. The zero-order valence-corrected chi connectivity index (χ0v) is 6.06. The van der Waals surface area contributed by atoms with Crippen molar-refractivity contribution in [1.29, 1.82) is 0 Å². The summed E-state index contributed by atoms with van der Waals surface area (Å²) in [6.45, 7) is 1.63. The Hall–Kier alpha value is -1.05. The summed E-state index contributed by atoms with van der Waals surface area (Å²) in [5.74, 6) is 0. The van der Waals surface area contributed by atoms with Crippen LogP contribution in [0.15, 0.2) is 12.3 Å². The first-order chi connectivity index (χ1) is 4.66. The van der Waals surface area contributed by atoms with Gasteiger partial charge in [-0.05, 0) is 6.92 Å². The van der Waals surface area contributed by atoms with Crippen LogP contribution in [-0.4, -0.2) is 23.5 Å². The smallest absolute Gasteiger partial charge is 0.452 e. The summed E-state index contributed by atoms with van der Waals surface area (Å²) in [5, 5.41) is 16.1. The fraction of sp³-hybridized carbons (Fsp3) is 0.250. The maximum absolute atomic E-state index is 10.2. The third kappa shape index (κ3) is 8.95. The molecule has 0 aliphatic carbocycles. The highest BCUT2D eigenvalue weighted by atomic mass is 16.8. The van der Waals surface area contributed by atoms with Crippen molar-refractivity contribution < 1.29 is 24.2 Å². The minimum absolute atomic E-state index is 0. The second-order valence-electron chi connectivity index (χ2n) is 1.28. The summed E-state index contributed by atoms with van der Waals surface area (Å²) in [5.41, 5.74) is 0. The molecule has 0 atom stereocenters. The molecule has 0 fully saturated rings. The molecule has 5 N–H and O–H groups in total. The van der Waals surface area contributed by atoms with Gasteiger partial charge in [0.15, 0.2) is 0 Å². The predicted octanol–water partition coefficient (Wildman–Crippen LogP) is -0.195. The van der Waals surface area contributed by atoms with Gasteiger partial charge in [-0.3, -0.25) is 0 Å². The second-order valence-corrected chi connectivity index (χ2v) is 1.28. The standard InChI is InChI=1S/C4H7BO5.H3N/c1-2-3-9-4(6)10-5(7)8;/h2-3,7-8H,1H3;1H3. The SMILES string of the molecule is CC=COC(=O)OB(O)O.N. The van der Waals surface area contributed by atoms with Gasteiger partial charge in [-0.25, -0.2) is 4.79 Å². The number of ether oxygens (including phenoxy) is 1. The largest absolute Gasteiger partial charge is 0.711 e. The summed E-state index contributed by atoms with van der Waals surface area (Å²) in [4.78, 5) is 10.2. The summed E-state index contributed by atoms with van der Waals surface area (Å²) in [6, 6.07) is 0. The molecule has 0 rings (SSSR count). The van der Waals surface area contributed by atoms with Gasteiger partial charge < -0.3 is 25.6 Å². The molecule has 7 heteroatoms. The average molecular weight is 163 g/mol. The Bertz CT molecular complexity index is 136. The molecule has 0 spiro atoms. The molecule has 6 nitrogen and oxygen atoms in total. The van der Waals surface area contributed by atoms with E-state index in [1.807, 2.05) is 0 Å². The van der Waals surface area contributed by atoms with Gasteiger partial charge in [0.05, 0.1) is 6.26 Å². The van der Waals surface area contributed by atoms with Crippen LogP contribution < -0.4 is 6.15 Å². The van der Waals surface area contributed by atoms with Gasteiger partial charge in [-0.15, -0.1) is 0 Å². The summed E-state index contributed by atoms with van der Waals surface area (Å²) < 4.78 is 7.89. The maximum atomic E-state index is 10.2. The van der Waals surface area contributed by atoms with Crippen LogP contribution >= 0.6 is 0 Å². The van der Waals surface area contributed by atoms with Crippen LogP contribution in [0, 0.1) is 0 Å². The molecule has 0 amide bonds. The van der Waals surface area contributed by atoms with E-state index in [4.69, 9.17) is 10.0 Å². The first-order valence-corrected chi connectivity index (χ1v) is 2.51. The molecule has 0 aromatic rings. The van der Waals surface area contributed by atoms with Crippen LogP contribution in [0.4, 0.5) is 4.79 Å². The molecule has 0 radical (unpaired) electrons. The highest BCUT2D eigenvalue weighted by Crippen LogP contribution is 1.86. The number of hydrogen-bond acceptors (Lipinski definition) is 6. The van der Waals surface area contributed by atoms with Gasteiger partial charge in [0.25, 0.3) is 0 Å². The number of hydrogen-bond donors (Lipinski definition) is 3. The Labute approximate surface area is 64.2 Å². The Morgan fingerprint density at radius 3 is 2.45 bits per heavy atom. The minimum Gasteiger partial charge on any atom is -0.452 e. The summed E-state index contributed by atoms with van der Waals surface area (Å²) in [6.07, 6.45) is 1.35. The van der Waals surface area contributed by atoms with Crippen molar-refractivity contribution in [3.05, 3.63) is 12.3 Å². The normalized spacial score (nSPS) is 8.64. The molecule has 0 heterocycles. The molecule has 0 aliphatic rings. The van der Waals surface area contributed by atoms with E-state index in [0.29, 0.717) is 0 Å². The van der Waals surface area contributed by atoms with Crippen LogP contribution in [-0.2, 0) is 9.39 Å². The second kappa shape index (κ2) is 7.07. The van der Waals surface area contributed by atoms with E-state index in [9.17, 15) is 4.79 Å². The van der Waals surface area contributed by atoms with E-state index >= 15 is 0 Å². The van der Waals surface area contributed by atoms with Crippen molar-refractivity contribution in [1.82, 2.24) is 6.15 Å². The van der Waals surface area contributed by atoms with Gasteiger partial charge in [0.1, 0.15) is 0 Å². The van der Waals surface area contributed by atoms with Gasteiger partial charge in [0, 0.05) is 0 Å². The topological polar surface area (TPSA) is 111 Å². The lowest BCUT2D eigenvalue weighted by molar-refractivity contribution is 0.112. The van der Waals surface area contributed by atoms with Crippen molar-refractivity contribution in [3.8, 4) is 0 Å². The van der Waals surface area contributed by atoms with E-state index in [-0.39, 0.29) is 6.15 Å². The van der Waals surface area contributed by atoms with Gasteiger partial charge in [-0.1, -0.05) is 6.08 Å². The first-order valence-electron chi connectivity index (χ1n) is 2.51. The molecule has 11 heavy (non-hydrogen) atoms. The van der Waals surface area contributed by atoms with Crippen LogP contribution in [0.3, 0.4) is 0 Å². The number of rotatable bonds is 2. The Morgan fingerprint density at radius 1 is 1.55 bits per heavy atom. The molecule has 0 aliphatic heterocycles. The number of carbonyl (C=O) groups is 1. The third-order valence-electron chi connectivity index (χ3n) is 0.502.